The maximum atomic E-state index is 12.4. The van der Waals surface area contributed by atoms with Crippen LogP contribution in [-0.4, -0.2) is 21.9 Å². The van der Waals surface area contributed by atoms with Gasteiger partial charge in [0.05, 0.1) is 22.8 Å². The third kappa shape index (κ3) is 3.41. The molecule has 0 radical (unpaired) electrons. The minimum absolute atomic E-state index is 0.125. The number of carbonyl (C=O) groups excluding carboxylic acids is 1. The van der Waals surface area contributed by atoms with Gasteiger partial charge in [0.25, 0.3) is 5.91 Å². The SMILES string of the molecule is CSc1ccc(Cl)c(C(=O)N[C@H](C)c2cnn(C)c2C)c1. The highest BCUT2D eigenvalue weighted by molar-refractivity contribution is 7.98. The standard InChI is InChI=1S/C15H18ClN3OS/c1-9(13-8-17-19(3)10(13)2)18-15(20)12-7-11(21-4)5-6-14(12)16/h5-9H,1-4H3,(H,18,20)/t9-/m1/s1. The van der Waals surface area contributed by atoms with E-state index >= 15 is 0 Å². The smallest absolute Gasteiger partial charge is 0.253 e. The molecule has 21 heavy (non-hydrogen) atoms. The molecule has 1 aromatic carbocycles. The number of benzene rings is 1. The minimum Gasteiger partial charge on any atom is -0.345 e. The summed E-state index contributed by atoms with van der Waals surface area (Å²) in [4.78, 5) is 13.4. The lowest BCUT2D eigenvalue weighted by Gasteiger charge is -2.15. The first kappa shape index (κ1) is 15.9. The van der Waals surface area contributed by atoms with Crippen LogP contribution in [0.15, 0.2) is 29.3 Å². The van der Waals surface area contributed by atoms with E-state index in [2.05, 4.69) is 10.4 Å². The number of thioether (sulfide) groups is 1. The predicted octanol–water partition coefficient (Wildman–Crippen LogP) is 3.59. The molecule has 1 aromatic heterocycles. The predicted molar refractivity (Wildman–Crippen MR) is 87.1 cm³/mol. The zero-order valence-electron chi connectivity index (χ0n) is 12.5. The molecular weight excluding hydrogens is 306 g/mol. The summed E-state index contributed by atoms with van der Waals surface area (Å²) in [6, 6.07) is 5.34. The molecule has 0 unspecified atom stereocenters. The van der Waals surface area contributed by atoms with Gasteiger partial charge in [-0.1, -0.05) is 11.6 Å². The second-order valence-electron chi connectivity index (χ2n) is 4.85. The van der Waals surface area contributed by atoms with E-state index in [-0.39, 0.29) is 11.9 Å². The number of nitrogens with one attached hydrogen (secondary N) is 1. The van der Waals surface area contributed by atoms with Gasteiger partial charge in [0.15, 0.2) is 0 Å². The van der Waals surface area contributed by atoms with Crippen molar-refractivity contribution < 1.29 is 4.79 Å². The van der Waals surface area contributed by atoms with Crippen LogP contribution in [0, 0.1) is 6.92 Å². The Morgan fingerprint density at radius 1 is 1.48 bits per heavy atom. The normalized spacial score (nSPS) is 12.2. The molecule has 0 aliphatic rings. The first-order valence-electron chi connectivity index (χ1n) is 6.57. The summed E-state index contributed by atoms with van der Waals surface area (Å²) in [5.74, 6) is -0.174. The molecule has 4 nitrogen and oxygen atoms in total. The van der Waals surface area contributed by atoms with Crippen molar-refractivity contribution in [3.05, 3.63) is 46.2 Å². The molecule has 0 saturated carbocycles. The summed E-state index contributed by atoms with van der Waals surface area (Å²) in [5, 5.41) is 7.63. The Bertz CT molecular complexity index is 669. The van der Waals surface area contributed by atoms with Gasteiger partial charge in [-0.2, -0.15) is 5.10 Å². The van der Waals surface area contributed by atoms with Crippen LogP contribution in [0.3, 0.4) is 0 Å². The Morgan fingerprint density at radius 2 is 2.19 bits per heavy atom. The van der Waals surface area contributed by atoms with E-state index in [4.69, 9.17) is 11.6 Å². The lowest BCUT2D eigenvalue weighted by molar-refractivity contribution is 0.0939. The lowest BCUT2D eigenvalue weighted by Crippen LogP contribution is -2.27. The van der Waals surface area contributed by atoms with Crippen molar-refractivity contribution in [1.29, 1.82) is 0 Å². The molecule has 2 aromatic rings. The molecule has 1 N–H and O–H groups in total. The van der Waals surface area contributed by atoms with Crippen molar-refractivity contribution in [1.82, 2.24) is 15.1 Å². The first-order chi connectivity index (χ1) is 9.93. The van der Waals surface area contributed by atoms with Gasteiger partial charge in [0, 0.05) is 23.2 Å². The van der Waals surface area contributed by atoms with Crippen LogP contribution < -0.4 is 5.32 Å². The highest BCUT2D eigenvalue weighted by atomic mass is 35.5. The van der Waals surface area contributed by atoms with Crippen molar-refractivity contribution in [3.8, 4) is 0 Å². The molecule has 0 spiro atoms. The van der Waals surface area contributed by atoms with E-state index < -0.39 is 0 Å². The van der Waals surface area contributed by atoms with Crippen molar-refractivity contribution >= 4 is 29.3 Å². The van der Waals surface area contributed by atoms with Gasteiger partial charge in [-0.05, 0) is 38.3 Å². The van der Waals surface area contributed by atoms with Gasteiger partial charge >= 0.3 is 0 Å². The van der Waals surface area contributed by atoms with E-state index in [1.165, 1.54) is 0 Å². The summed E-state index contributed by atoms with van der Waals surface area (Å²) in [6.45, 7) is 3.92. The van der Waals surface area contributed by atoms with Crippen LogP contribution in [0.2, 0.25) is 5.02 Å². The highest BCUT2D eigenvalue weighted by Gasteiger charge is 2.17. The molecule has 0 fully saturated rings. The van der Waals surface area contributed by atoms with Crippen LogP contribution in [0.25, 0.3) is 0 Å². The second kappa shape index (κ2) is 6.54. The third-order valence-corrected chi connectivity index (χ3v) is 4.56. The van der Waals surface area contributed by atoms with Crippen LogP contribution >= 0.6 is 23.4 Å². The fraction of sp³-hybridized carbons (Fsp3) is 0.333. The van der Waals surface area contributed by atoms with Gasteiger partial charge in [-0.3, -0.25) is 9.48 Å². The maximum absolute atomic E-state index is 12.4. The van der Waals surface area contributed by atoms with Crippen molar-refractivity contribution in [2.75, 3.05) is 6.26 Å². The average Bonchev–Trinajstić information content (AvgIpc) is 2.79. The number of nitrogens with zero attached hydrogens (tertiary/aromatic N) is 2. The summed E-state index contributed by atoms with van der Waals surface area (Å²) in [7, 11) is 1.88. The Hall–Kier alpha value is -1.46. The molecule has 1 amide bonds. The minimum atomic E-state index is -0.174. The van der Waals surface area contributed by atoms with Gasteiger partial charge in [-0.15, -0.1) is 11.8 Å². The second-order valence-corrected chi connectivity index (χ2v) is 6.14. The van der Waals surface area contributed by atoms with E-state index in [0.717, 1.165) is 16.2 Å². The fourth-order valence-electron chi connectivity index (χ4n) is 2.10. The number of halogens is 1. The summed E-state index contributed by atoms with van der Waals surface area (Å²) >= 11 is 7.70. The largest absolute Gasteiger partial charge is 0.345 e. The van der Waals surface area contributed by atoms with E-state index in [0.29, 0.717) is 10.6 Å². The Balaban J connectivity index is 2.20. The lowest BCUT2D eigenvalue weighted by atomic mass is 10.1. The third-order valence-electron chi connectivity index (χ3n) is 3.51. The molecule has 2 rings (SSSR count). The van der Waals surface area contributed by atoms with Gasteiger partial charge in [0.1, 0.15) is 0 Å². The molecule has 6 heteroatoms. The van der Waals surface area contributed by atoms with Crippen LogP contribution in [0.4, 0.5) is 0 Å². The number of hydrogen-bond donors (Lipinski definition) is 1. The Kier molecular flexibility index (Phi) is 4.96. The van der Waals surface area contributed by atoms with Crippen LogP contribution in [0.1, 0.15) is 34.6 Å². The van der Waals surface area contributed by atoms with Crippen molar-refractivity contribution in [2.45, 2.75) is 24.8 Å². The quantitative estimate of drug-likeness (QED) is 0.875. The first-order valence-corrected chi connectivity index (χ1v) is 8.17. The van der Waals surface area contributed by atoms with Gasteiger partial charge < -0.3 is 5.32 Å². The number of aromatic nitrogens is 2. The molecule has 0 aliphatic heterocycles. The van der Waals surface area contributed by atoms with E-state index in [1.807, 2.05) is 39.3 Å². The molecular formula is C15H18ClN3OS. The van der Waals surface area contributed by atoms with Gasteiger partial charge in [-0.25, -0.2) is 0 Å². The summed E-state index contributed by atoms with van der Waals surface area (Å²) < 4.78 is 1.79. The van der Waals surface area contributed by atoms with E-state index in [9.17, 15) is 4.79 Å². The summed E-state index contributed by atoms with van der Waals surface area (Å²) in [6.07, 6.45) is 3.74. The monoisotopic (exact) mass is 323 g/mol. The number of rotatable bonds is 4. The molecule has 0 saturated heterocycles. The zero-order valence-corrected chi connectivity index (χ0v) is 14.0. The maximum Gasteiger partial charge on any atom is 0.253 e. The van der Waals surface area contributed by atoms with Crippen LogP contribution in [-0.2, 0) is 7.05 Å². The van der Waals surface area contributed by atoms with Crippen molar-refractivity contribution in [2.24, 2.45) is 7.05 Å². The average molecular weight is 324 g/mol. The Morgan fingerprint density at radius 3 is 2.76 bits per heavy atom. The number of amides is 1. The molecule has 0 aliphatic carbocycles. The fourth-order valence-corrected chi connectivity index (χ4v) is 2.74. The van der Waals surface area contributed by atoms with Gasteiger partial charge in [0.2, 0.25) is 0 Å². The number of hydrogen-bond acceptors (Lipinski definition) is 3. The van der Waals surface area contributed by atoms with E-state index in [1.54, 1.807) is 28.7 Å². The highest BCUT2D eigenvalue weighted by Crippen LogP contribution is 2.24. The zero-order chi connectivity index (χ0) is 15.6. The van der Waals surface area contributed by atoms with Crippen molar-refractivity contribution in [3.63, 3.8) is 0 Å². The number of aryl methyl sites for hydroxylation is 1. The molecule has 112 valence electrons. The molecule has 0 bridgehead atoms. The van der Waals surface area contributed by atoms with Crippen LogP contribution in [0.5, 0.6) is 0 Å². The summed E-state index contributed by atoms with van der Waals surface area (Å²) in [5.41, 5.74) is 2.53. The molecule has 1 atom stereocenters. The topological polar surface area (TPSA) is 46.9 Å². The Labute approximate surface area is 133 Å². The molecule has 1 heterocycles. The number of carbonyl (C=O) groups is 1.